The number of carbonyl (C=O) groups excluding carboxylic acids is 1. The molecule has 0 unspecified atom stereocenters. The van der Waals surface area contributed by atoms with E-state index in [-0.39, 0.29) is 45.8 Å². The van der Waals surface area contributed by atoms with Crippen LogP contribution in [0.2, 0.25) is 0 Å². The molecule has 2 aliphatic rings. The maximum atomic E-state index is 13.3. The molecule has 1 aliphatic carbocycles. The van der Waals surface area contributed by atoms with E-state index < -0.39 is 21.8 Å². The molecule has 1 saturated heterocycles. The van der Waals surface area contributed by atoms with Gasteiger partial charge in [0.15, 0.2) is 9.84 Å². The van der Waals surface area contributed by atoms with Crippen LogP contribution in [-0.4, -0.2) is 58.5 Å². The molecule has 1 aromatic heterocycles. The predicted octanol–water partition coefficient (Wildman–Crippen LogP) is 4.09. The van der Waals surface area contributed by atoms with Crippen LogP contribution in [0.1, 0.15) is 44.3 Å². The molecule has 174 valence electrons. The Balaban J connectivity index is 1.58. The summed E-state index contributed by atoms with van der Waals surface area (Å²) < 4.78 is 63.9. The van der Waals surface area contributed by atoms with Crippen LogP contribution in [-0.2, 0) is 20.8 Å². The number of amides is 1. The lowest BCUT2D eigenvalue weighted by molar-refractivity contribution is -0.145. The summed E-state index contributed by atoms with van der Waals surface area (Å²) in [7, 11) is -3.18. The van der Waals surface area contributed by atoms with Crippen LogP contribution < -0.4 is 0 Å². The fourth-order valence-corrected chi connectivity index (χ4v) is 7.15. The molecule has 1 aliphatic heterocycles. The fourth-order valence-electron chi connectivity index (χ4n) is 4.55. The van der Waals surface area contributed by atoms with Crippen LogP contribution in [0, 0.1) is 0 Å². The van der Waals surface area contributed by atoms with Crippen molar-refractivity contribution in [1.29, 1.82) is 0 Å². The zero-order valence-corrected chi connectivity index (χ0v) is 19.0. The molecule has 0 spiro atoms. The van der Waals surface area contributed by atoms with Gasteiger partial charge in [-0.3, -0.25) is 4.79 Å². The van der Waals surface area contributed by atoms with Crippen molar-refractivity contribution in [2.24, 2.45) is 0 Å². The standard InChI is InChI=1S/C21H24F3N3O3S2/c22-21(23,24)20-25-17-9-5-4-8-16(17)19(26-20)31-12-18(28)27(14-6-2-1-3-7-14)15-10-11-32(29,30)13-15/h4-5,8-9,14-15H,1-3,6-7,10-13H2/t15-/m1/s1. The van der Waals surface area contributed by atoms with Gasteiger partial charge in [-0.1, -0.05) is 49.2 Å². The van der Waals surface area contributed by atoms with E-state index in [0.717, 1.165) is 43.9 Å². The van der Waals surface area contributed by atoms with E-state index in [4.69, 9.17) is 0 Å². The van der Waals surface area contributed by atoms with Gasteiger partial charge in [-0.05, 0) is 25.3 Å². The fraction of sp³-hybridized carbons (Fsp3) is 0.571. The van der Waals surface area contributed by atoms with Crippen LogP contribution in [0.3, 0.4) is 0 Å². The van der Waals surface area contributed by atoms with Crippen LogP contribution in [0.5, 0.6) is 0 Å². The maximum Gasteiger partial charge on any atom is 0.451 e. The van der Waals surface area contributed by atoms with Crippen molar-refractivity contribution < 1.29 is 26.4 Å². The van der Waals surface area contributed by atoms with Crippen molar-refractivity contribution >= 4 is 38.4 Å². The normalized spacial score (nSPS) is 21.7. The molecule has 0 N–H and O–H groups in total. The minimum absolute atomic E-state index is 0.0250. The third kappa shape index (κ3) is 5.19. The lowest BCUT2D eigenvalue weighted by Gasteiger charge is -2.38. The number of rotatable bonds is 5. The van der Waals surface area contributed by atoms with Crippen molar-refractivity contribution in [3.05, 3.63) is 30.1 Å². The third-order valence-electron chi connectivity index (χ3n) is 6.01. The second-order valence-corrected chi connectivity index (χ2v) is 11.5. The Morgan fingerprint density at radius 1 is 1.06 bits per heavy atom. The lowest BCUT2D eigenvalue weighted by Crippen LogP contribution is -2.49. The number of benzene rings is 1. The summed E-state index contributed by atoms with van der Waals surface area (Å²) in [5.74, 6) is -1.58. The monoisotopic (exact) mass is 487 g/mol. The van der Waals surface area contributed by atoms with Gasteiger partial charge in [-0.2, -0.15) is 13.2 Å². The lowest BCUT2D eigenvalue weighted by atomic mass is 9.93. The molecule has 1 saturated carbocycles. The molecule has 2 aromatic rings. The van der Waals surface area contributed by atoms with Gasteiger partial charge in [0.25, 0.3) is 0 Å². The smallest absolute Gasteiger partial charge is 0.335 e. The van der Waals surface area contributed by atoms with Crippen LogP contribution in [0.15, 0.2) is 29.3 Å². The number of fused-ring (bicyclic) bond motifs is 1. The summed E-state index contributed by atoms with van der Waals surface area (Å²) in [5.41, 5.74) is 0.163. The molecule has 2 heterocycles. The van der Waals surface area contributed by atoms with Crippen molar-refractivity contribution in [2.45, 2.75) is 61.8 Å². The van der Waals surface area contributed by atoms with E-state index in [0.29, 0.717) is 11.8 Å². The third-order valence-corrected chi connectivity index (χ3v) is 8.74. The molecule has 0 radical (unpaired) electrons. The van der Waals surface area contributed by atoms with Gasteiger partial charge >= 0.3 is 6.18 Å². The second-order valence-electron chi connectivity index (χ2n) is 8.31. The number of sulfone groups is 1. The van der Waals surface area contributed by atoms with Crippen molar-refractivity contribution in [3.8, 4) is 0 Å². The zero-order valence-electron chi connectivity index (χ0n) is 17.3. The molecule has 0 bridgehead atoms. The van der Waals surface area contributed by atoms with Gasteiger partial charge < -0.3 is 4.90 Å². The first-order valence-electron chi connectivity index (χ1n) is 10.6. The largest absolute Gasteiger partial charge is 0.451 e. The molecule has 11 heteroatoms. The summed E-state index contributed by atoms with van der Waals surface area (Å²) in [4.78, 5) is 22.3. The summed E-state index contributed by atoms with van der Waals surface area (Å²) in [5, 5.41) is 0.546. The molecule has 1 aromatic carbocycles. The van der Waals surface area contributed by atoms with Gasteiger partial charge in [0.2, 0.25) is 11.7 Å². The Hall–Kier alpha value is -1.88. The number of carbonyl (C=O) groups is 1. The van der Waals surface area contributed by atoms with Crippen LogP contribution >= 0.6 is 11.8 Å². The van der Waals surface area contributed by atoms with E-state index in [2.05, 4.69) is 9.97 Å². The van der Waals surface area contributed by atoms with Crippen molar-refractivity contribution in [1.82, 2.24) is 14.9 Å². The zero-order chi connectivity index (χ0) is 22.9. The summed E-state index contributed by atoms with van der Waals surface area (Å²) >= 11 is 0.948. The highest BCUT2D eigenvalue weighted by Gasteiger charge is 2.39. The minimum Gasteiger partial charge on any atom is -0.335 e. The van der Waals surface area contributed by atoms with E-state index >= 15 is 0 Å². The highest BCUT2D eigenvalue weighted by Crippen LogP contribution is 2.33. The molecule has 2 fully saturated rings. The van der Waals surface area contributed by atoms with E-state index in [1.807, 2.05) is 0 Å². The quantitative estimate of drug-likeness (QED) is 0.467. The van der Waals surface area contributed by atoms with Crippen molar-refractivity contribution in [2.75, 3.05) is 17.3 Å². The van der Waals surface area contributed by atoms with Crippen LogP contribution in [0.25, 0.3) is 10.9 Å². The Labute approximate surface area is 188 Å². The number of halogens is 3. The highest BCUT2D eigenvalue weighted by molar-refractivity contribution is 8.00. The molecule has 32 heavy (non-hydrogen) atoms. The average Bonchev–Trinajstić information content (AvgIpc) is 3.11. The number of alkyl halides is 3. The van der Waals surface area contributed by atoms with Crippen molar-refractivity contribution in [3.63, 3.8) is 0 Å². The SMILES string of the molecule is O=C(CSc1nc(C(F)(F)F)nc2ccccc12)N(C1CCCCC1)[C@@H]1CCS(=O)(=O)C1. The first-order valence-corrected chi connectivity index (χ1v) is 13.4. The summed E-state index contributed by atoms with van der Waals surface area (Å²) in [6.45, 7) is 0. The maximum absolute atomic E-state index is 13.3. The van der Waals surface area contributed by atoms with Crippen LogP contribution in [0.4, 0.5) is 13.2 Å². The van der Waals surface area contributed by atoms with Gasteiger partial charge in [-0.15, -0.1) is 0 Å². The van der Waals surface area contributed by atoms with Gasteiger partial charge in [0.05, 0.1) is 22.8 Å². The second kappa shape index (κ2) is 9.17. The molecule has 6 nitrogen and oxygen atoms in total. The topological polar surface area (TPSA) is 80.2 Å². The molecule has 1 amide bonds. The number of hydrogen-bond acceptors (Lipinski definition) is 6. The van der Waals surface area contributed by atoms with E-state index in [1.165, 1.54) is 6.07 Å². The average molecular weight is 488 g/mol. The van der Waals surface area contributed by atoms with Gasteiger partial charge in [0.1, 0.15) is 5.03 Å². The Morgan fingerprint density at radius 2 is 1.78 bits per heavy atom. The number of para-hydroxylation sites is 1. The number of hydrogen-bond donors (Lipinski definition) is 0. The molecule has 4 rings (SSSR count). The van der Waals surface area contributed by atoms with Gasteiger partial charge in [-0.25, -0.2) is 18.4 Å². The number of thioether (sulfide) groups is 1. The minimum atomic E-state index is -4.70. The Morgan fingerprint density at radius 3 is 2.44 bits per heavy atom. The molecule has 1 atom stereocenters. The number of nitrogens with zero attached hydrogens (tertiary/aromatic N) is 3. The first kappa shape index (κ1) is 23.3. The van der Waals surface area contributed by atoms with Gasteiger partial charge in [0, 0.05) is 17.5 Å². The Bertz CT molecular complexity index is 1100. The van der Waals surface area contributed by atoms with E-state index in [9.17, 15) is 26.4 Å². The Kier molecular flexibility index (Phi) is 6.67. The number of aromatic nitrogens is 2. The predicted molar refractivity (Wildman–Crippen MR) is 116 cm³/mol. The molecular weight excluding hydrogens is 463 g/mol. The summed E-state index contributed by atoms with van der Waals surface area (Å²) in [6.07, 6.45) is 0.394. The first-order chi connectivity index (χ1) is 15.1. The highest BCUT2D eigenvalue weighted by atomic mass is 32.2. The van der Waals surface area contributed by atoms with E-state index in [1.54, 1.807) is 23.1 Å². The molecular formula is C21H24F3N3O3S2. The summed E-state index contributed by atoms with van der Waals surface area (Å²) in [6, 6.07) is 6.00.